The van der Waals surface area contributed by atoms with Crippen molar-refractivity contribution >= 4 is 0 Å². The van der Waals surface area contributed by atoms with Crippen LogP contribution >= 0.6 is 0 Å². The van der Waals surface area contributed by atoms with Gasteiger partial charge < -0.3 is 10.2 Å². The van der Waals surface area contributed by atoms with Gasteiger partial charge in [-0.15, -0.1) is 0 Å². The second-order valence-electron chi connectivity index (χ2n) is 5.62. The van der Waals surface area contributed by atoms with Gasteiger partial charge in [-0.2, -0.15) is 0 Å². The zero-order valence-corrected chi connectivity index (χ0v) is 9.22. The molecule has 78 valence electrons. The van der Waals surface area contributed by atoms with Gasteiger partial charge >= 0.3 is 0 Å². The van der Waals surface area contributed by atoms with Crippen LogP contribution in [0.5, 0.6) is 0 Å². The summed E-state index contributed by atoms with van der Waals surface area (Å²) >= 11 is 0. The van der Waals surface area contributed by atoms with E-state index in [1.165, 1.54) is 0 Å². The topological polar surface area (TPSA) is 40.5 Å². The molecular formula is C11H22O2. The smallest absolute Gasteiger partial charge is 0.0733 e. The molecule has 1 atom stereocenters. The van der Waals surface area contributed by atoms with Gasteiger partial charge in [-0.1, -0.05) is 27.7 Å². The Labute approximate surface area is 81.0 Å². The summed E-state index contributed by atoms with van der Waals surface area (Å²) in [6.07, 6.45) is 2.45. The molecule has 0 spiro atoms. The second kappa shape index (κ2) is 2.96. The monoisotopic (exact) mass is 186 g/mol. The van der Waals surface area contributed by atoms with E-state index in [1.807, 2.05) is 13.8 Å². The summed E-state index contributed by atoms with van der Waals surface area (Å²) in [5, 5.41) is 19.6. The third kappa shape index (κ3) is 1.62. The molecule has 0 aromatic rings. The highest BCUT2D eigenvalue weighted by molar-refractivity contribution is 5.08. The van der Waals surface area contributed by atoms with Crippen LogP contribution in [0.15, 0.2) is 0 Å². The maximum Gasteiger partial charge on any atom is 0.0733 e. The van der Waals surface area contributed by atoms with E-state index in [4.69, 9.17) is 0 Å². The average molecular weight is 186 g/mol. The van der Waals surface area contributed by atoms with E-state index in [0.29, 0.717) is 0 Å². The van der Waals surface area contributed by atoms with Crippen molar-refractivity contribution in [2.24, 2.45) is 10.8 Å². The first-order valence-corrected chi connectivity index (χ1v) is 5.12. The number of rotatable bonds is 3. The number of hydrogen-bond donors (Lipinski definition) is 2. The van der Waals surface area contributed by atoms with Crippen molar-refractivity contribution in [3.8, 4) is 0 Å². The summed E-state index contributed by atoms with van der Waals surface area (Å²) in [5.74, 6) is 0. The molecule has 0 aliphatic heterocycles. The molecule has 13 heavy (non-hydrogen) atoms. The zero-order valence-electron chi connectivity index (χ0n) is 9.22. The van der Waals surface area contributed by atoms with Crippen molar-refractivity contribution in [2.75, 3.05) is 6.61 Å². The molecule has 0 aromatic carbocycles. The Morgan fingerprint density at radius 3 is 2.00 bits per heavy atom. The van der Waals surface area contributed by atoms with Crippen molar-refractivity contribution in [1.82, 2.24) is 0 Å². The molecule has 1 aliphatic carbocycles. The highest BCUT2D eigenvalue weighted by atomic mass is 16.3. The fourth-order valence-electron chi connectivity index (χ4n) is 2.55. The van der Waals surface area contributed by atoms with E-state index in [2.05, 4.69) is 13.8 Å². The predicted octanol–water partition coefficient (Wildman–Crippen LogP) is 1.95. The summed E-state index contributed by atoms with van der Waals surface area (Å²) in [6, 6.07) is 0. The molecule has 1 fully saturated rings. The van der Waals surface area contributed by atoms with E-state index in [1.54, 1.807) is 0 Å². The minimum absolute atomic E-state index is 0.0794. The highest BCUT2D eigenvalue weighted by Gasteiger charge is 2.57. The van der Waals surface area contributed by atoms with Gasteiger partial charge in [0.05, 0.1) is 12.2 Å². The zero-order chi connectivity index (χ0) is 10.3. The van der Waals surface area contributed by atoms with Crippen LogP contribution in [-0.2, 0) is 0 Å². The van der Waals surface area contributed by atoms with Crippen LogP contribution in [0.25, 0.3) is 0 Å². The van der Waals surface area contributed by atoms with Crippen molar-refractivity contribution in [3.05, 3.63) is 0 Å². The Kier molecular flexibility index (Phi) is 2.50. The van der Waals surface area contributed by atoms with E-state index in [0.717, 1.165) is 19.3 Å². The van der Waals surface area contributed by atoms with Gasteiger partial charge in [-0.3, -0.25) is 0 Å². The molecule has 2 N–H and O–H groups in total. The van der Waals surface area contributed by atoms with Crippen LogP contribution in [0.3, 0.4) is 0 Å². The van der Waals surface area contributed by atoms with Crippen LogP contribution < -0.4 is 0 Å². The molecule has 0 aromatic heterocycles. The van der Waals surface area contributed by atoms with E-state index < -0.39 is 5.60 Å². The van der Waals surface area contributed by atoms with Crippen molar-refractivity contribution in [2.45, 2.75) is 52.6 Å². The van der Waals surface area contributed by atoms with Crippen molar-refractivity contribution in [1.29, 1.82) is 0 Å². The van der Waals surface area contributed by atoms with E-state index in [9.17, 15) is 10.2 Å². The number of aliphatic hydroxyl groups excluding tert-OH is 1. The first-order chi connectivity index (χ1) is 5.79. The molecule has 1 aliphatic rings. The molecule has 0 amide bonds. The Balaban J connectivity index is 2.72. The van der Waals surface area contributed by atoms with Gasteiger partial charge in [0.1, 0.15) is 0 Å². The van der Waals surface area contributed by atoms with Crippen molar-refractivity contribution in [3.63, 3.8) is 0 Å². The predicted molar refractivity (Wildman–Crippen MR) is 53.4 cm³/mol. The number of aliphatic hydroxyl groups is 2. The van der Waals surface area contributed by atoms with Crippen LogP contribution in [0.4, 0.5) is 0 Å². The average Bonchev–Trinajstić information content (AvgIpc) is 1.99. The fourth-order valence-corrected chi connectivity index (χ4v) is 2.55. The van der Waals surface area contributed by atoms with Crippen LogP contribution in [0, 0.1) is 10.8 Å². The normalized spacial score (nSPS) is 29.1. The molecule has 2 heteroatoms. The first kappa shape index (κ1) is 11.0. The molecule has 0 heterocycles. The summed E-state index contributed by atoms with van der Waals surface area (Å²) in [5.41, 5.74) is -0.705. The maximum absolute atomic E-state index is 10.3. The molecule has 2 nitrogen and oxygen atoms in total. The lowest BCUT2D eigenvalue weighted by atomic mass is 9.51. The minimum atomic E-state index is -0.639. The largest absolute Gasteiger partial charge is 0.396 e. The molecule has 0 radical (unpaired) electrons. The van der Waals surface area contributed by atoms with Crippen LogP contribution in [0.2, 0.25) is 0 Å². The summed E-state index contributed by atoms with van der Waals surface area (Å²) in [4.78, 5) is 0. The third-order valence-corrected chi connectivity index (χ3v) is 3.79. The summed E-state index contributed by atoms with van der Waals surface area (Å²) < 4.78 is 0. The third-order valence-electron chi connectivity index (χ3n) is 3.79. The lowest BCUT2D eigenvalue weighted by Gasteiger charge is -2.58. The van der Waals surface area contributed by atoms with Gasteiger partial charge in [-0.05, 0) is 24.7 Å². The lowest BCUT2D eigenvalue weighted by molar-refractivity contribution is -0.201. The number of hydrogen-bond acceptors (Lipinski definition) is 2. The second-order valence-corrected chi connectivity index (χ2v) is 5.62. The van der Waals surface area contributed by atoms with E-state index in [-0.39, 0.29) is 17.4 Å². The lowest BCUT2D eigenvalue weighted by Crippen LogP contribution is -2.60. The maximum atomic E-state index is 10.3. The summed E-state index contributed by atoms with van der Waals surface area (Å²) in [6.45, 7) is 8.40. The molecule has 0 bridgehead atoms. The van der Waals surface area contributed by atoms with Gasteiger partial charge in [0, 0.05) is 5.41 Å². The van der Waals surface area contributed by atoms with Gasteiger partial charge in [-0.25, -0.2) is 0 Å². The van der Waals surface area contributed by atoms with Gasteiger partial charge in [0.15, 0.2) is 0 Å². The highest BCUT2D eigenvalue weighted by Crippen LogP contribution is 2.56. The van der Waals surface area contributed by atoms with Gasteiger partial charge in [0.2, 0.25) is 0 Å². The Bertz CT molecular complexity index is 184. The Hall–Kier alpha value is -0.0800. The minimum Gasteiger partial charge on any atom is -0.396 e. The summed E-state index contributed by atoms with van der Waals surface area (Å²) in [7, 11) is 0. The quantitative estimate of drug-likeness (QED) is 0.707. The first-order valence-electron chi connectivity index (χ1n) is 5.12. The van der Waals surface area contributed by atoms with Crippen LogP contribution in [-0.4, -0.2) is 22.4 Å². The Morgan fingerprint density at radius 2 is 1.77 bits per heavy atom. The fraction of sp³-hybridized carbons (Fsp3) is 1.00. The van der Waals surface area contributed by atoms with Crippen molar-refractivity contribution < 1.29 is 10.2 Å². The SMILES string of the molecule is CCC(C)(CO)C1(O)CC(C)(C)C1. The molecule has 1 saturated carbocycles. The molecule has 1 unspecified atom stereocenters. The molecular weight excluding hydrogens is 164 g/mol. The van der Waals surface area contributed by atoms with E-state index >= 15 is 0 Å². The molecule has 1 rings (SSSR count). The van der Waals surface area contributed by atoms with Crippen LogP contribution in [0.1, 0.15) is 47.0 Å². The standard InChI is InChI=1S/C11H22O2/c1-5-10(4,8-12)11(13)6-9(2,3)7-11/h12-13H,5-8H2,1-4H3. The Morgan fingerprint density at radius 1 is 1.31 bits per heavy atom. The van der Waals surface area contributed by atoms with Gasteiger partial charge in [0.25, 0.3) is 0 Å². The molecule has 0 saturated heterocycles.